The zero-order valence-corrected chi connectivity index (χ0v) is 11.6. The first-order valence-corrected chi connectivity index (χ1v) is 7.40. The average molecular weight is 258 g/mol. The fourth-order valence-electron chi connectivity index (χ4n) is 3.31. The lowest BCUT2D eigenvalue weighted by Crippen LogP contribution is -2.48. The first kappa shape index (κ1) is 12.7. The van der Waals surface area contributed by atoms with Gasteiger partial charge in [0.25, 0.3) is 0 Å². The summed E-state index contributed by atoms with van der Waals surface area (Å²) < 4.78 is 2.01. The van der Waals surface area contributed by atoms with Gasteiger partial charge < -0.3 is 0 Å². The molecular weight excluding hydrogens is 236 g/mol. The zero-order valence-electron chi connectivity index (χ0n) is 11.6. The van der Waals surface area contributed by atoms with E-state index >= 15 is 0 Å². The number of nitrogens with zero attached hydrogens (tertiary/aromatic N) is 3. The lowest BCUT2D eigenvalue weighted by atomic mass is 9.85. The summed E-state index contributed by atoms with van der Waals surface area (Å²) in [6.07, 6.45) is 10.9. The fraction of sp³-hybridized carbons (Fsp3) is 0.733. The van der Waals surface area contributed by atoms with Crippen molar-refractivity contribution in [2.24, 2.45) is 5.92 Å². The van der Waals surface area contributed by atoms with Crippen molar-refractivity contribution in [2.75, 3.05) is 0 Å². The van der Waals surface area contributed by atoms with E-state index in [1.165, 1.54) is 31.2 Å². The van der Waals surface area contributed by atoms with Crippen molar-refractivity contribution < 1.29 is 0 Å². The molecule has 2 unspecified atom stereocenters. The molecule has 1 aromatic rings. The fourth-order valence-corrected chi connectivity index (χ4v) is 3.31. The Kier molecular flexibility index (Phi) is 3.32. The molecule has 2 aliphatic rings. The normalized spacial score (nSPS) is 30.4. The van der Waals surface area contributed by atoms with Gasteiger partial charge in [-0.15, -0.1) is 0 Å². The van der Waals surface area contributed by atoms with Crippen molar-refractivity contribution >= 4 is 0 Å². The maximum Gasteiger partial charge on any atom is 0.109 e. The van der Waals surface area contributed by atoms with Crippen LogP contribution >= 0.6 is 0 Å². The summed E-state index contributed by atoms with van der Waals surface area (Å²) in [5.41, 5.74) is 0.942. The molecule has 2 aliphatic carbocycles. The first-order chi connectivity index (χ1) is 9.22. The summed E-state index contributed by atoms with van der Waals surface area (Å²) in [4.78, 5) is 0. The molecule has 0 spiro atoms. The van der Waals surface area contributed by atoms with E-state index in [1.807, 2.05) is 10.9 Å². The Morgan fingerprint density at radius 2 is 2.37 bits per heavy atom. The van der Waals surface area contributed by atoms with Gasteiger partial charge in [0.1, 0.15) is 5.54 Å². The minimum absolute atomic E-state index is 0.261. The second-order valence-corrected chi connectivity index (χ2v) is 6.16. The highest BCUT2D eigenvalue weighted by Gasteiger charge is 2.45. The summed E-state index contributed by atoms with van der Waals surface area (Å²) in [5.74, 6) is 0.475. The maximum atomic E-state index is 9.63. The van der Waals surface area contributed by atoms with Crippen LogP contribution in [0.2, 0.25) is 0 Å². The third-order valence-corrected chi connectivity index (χ3v) is 4.53. The number of nitrogens with one attached hydrogen (secondary N) is 1. The van der Waals surface area contributed by atoms with E-state index < -0.39 is 0 Å². The second kappa shape index (κ2) is 4.97. The average Bonchev–Trinajstić information content (AvgIpc) is 2.97. The molecule has 1 aromatic heterocycles. The lowest BCUT2D eigenvalue weighted by molar-refractivity contribution is 0.284. The van der Waals surface area contributed by atoms with E-state index in [-0.39, 0.29) is 5.54 Å². The van der Waals surface area contributed by atoms with Crippen LogP contribution in [0.4, 0.5) is 0 Å². The summed E-state index contributed by atoms with van der Waals surface area (Å²) in [6, 6.07) is 3.20. The smallest absolute Gasteiger partial charge is 0.109 e. The molecule has 0 aromatic carbocycles. The van der Waals surface area contributed by atoms with Crippen molar-refractivity contribution in [3.8, 4) is 6.07 Å². The molecule has 2 fully saturated rings. The van der Waals surface area contributed by atoms with Crippen molar-refractivity contribution in [1.29, 1.82) is 5.26 Å². The molecular formula is C15H22N4. The van der Waals surface area contributed by atoms with Crippen LogP contribution in [0.5, 0.6) is 0 Å². The molecule has 2 saturated carbocycles. The number of aryl methyl sites for hydroxylation is 2. The van der Waals surface area contributed by atoms with Crippen molar-refractivity contribution in [3.05, 3.63) is 18.0 Å². The van der Waals surface area contributed by atoms with Gasteiger partial charge in [0.05, 0.1) is 12.3 Å². The van der Waals surface area contributed by atoms with Gasteiger partial charge in [-0.25, -0.2) is 0 Å². The van der Waals surface area contributed by atoms with Gasteiger partial charge in [0.2, 0.25) is 0 Å². The quantitative estimate of drug-likeness (QED) is 0.882. The van der Waals surface area contributed by atoms with Gasteiger partial charge in [-0.3, -0.25) is 10.00 Å². The summed E-state index contributed by atoms with van der Waals surface area (Å²) in [6.45, 7) is 2.99. The molecule has 0 radical (unpaired) electrons. The zero-order chi connectivity index (χ0) is 13.3. The summed E-state index contributed by atoms with van der Waals surface area (Å²) in [7, 11) is 0. The monoisotopic (exact) mass is 258 g/mol. The third-order valence-electron chi connectivity index (χ3n) is 4.53. The van der Waals surface area contributed by atoms with Gasteiger partial charge in [0, 0.05) is 18.8 Å². The molecule has 4 nitrogen and oxygen atoms in total. The van der Waals surface area contributed by atoms with Gasteiger partial charge in [-0.1, -0.05) is 6.42 Å². The maximum absolute atomic E-state index is 9.63. The van der Waals surface area contributed by atoms with Crippen LogP contribution in [0.25, 0.3) is 0 Å². The van der Waals surface area contributed by atoms with E-state index in [4.69, 9.17) is 0 Å². The molecule has 102 valence electrons. The largest absolute Gasteiger partial charge is 0.296 e. The predicted octanol–water partition coefficient (Wildman–Crippen LogP) is 2.40. The molecule has 19 heavy (non-hydrogen) atoms. The van der Waals surface area contributed by atoms with Crippen LogP contribution in [0.1, 0.15) is 44.1 Å². The van der Waals surface area contributed by atoms with Crippen LogP contribution in [-0.2, 0) is 6.54 Å². The molecule has 0 bridgehead atoms. The number of aromatic nitrogens is 2. The number of hydrogen-bond acceptors (Lipinski definition) is 3. The van der Waals surface area contributed by atoms with Gasteiger partial charge in [0.15, 0.2) is 0 Å². The minimum Gasteiger partial charge on any atom is -0.296 e. The molecule has 1 N–H and O–H groups in total. The van der Waals surface area contributed by atoms with Crippen LogP contribution in [0.3, 0.4) is 0 Å². The lowest BCUT2D eigenvalue weighted by Gasteiger charge is -2.30. The Hall–Kier alpha value is -1.34. The molecule has 0 aliphatic heterocycles. The third kappa shape index (κ3) is 2.66. The predicted molar refractivity (Wildman–Crippen MR) is 73.4 cm³/mol. The van der Waals surface area contributed by atoms with E-state index in [2.05, 4.69) is 29.6 Å². The van der Waals surface area contributed by atoms with Crippen LogP contribution in [0, 0.1) is 24.2 Å². The van der Waals surface area contributed by atoms with E-state index in [0.717, 1.165) is 19.4 Å². The van der Waals surface area contributed by atoms with Gasteiger partial charge in [-0.2, -0.15) is 10.4 Å². The van der Waals surface area contributed by atoms with E-state index in [9.17, 15) is 5.26 Å². The SMILES string of the molecule is Cc1cnn(CCC2CCCC2(C#N)NC2CC2)c1. The standard InChI is InChI=1S/C15H22N4/c1-12-9-17-19(10-12)8-6-13-3-2-7-15(13,11-16)18-14-4-5-14/h9-10,13-14,18H,2-8H2,1H3. The number of nitriles is 1. The topological polar surface area (TPSA) is 53.6 Å². The highest BCUT2D eigenvalue weighted by atomic mass is 15.3. The first-order valence-electron chi connectivity index (χ1n) is 7.40. The molecule has 3 rings (SSSR count). The summed E-state index contributed by atoms with van der Waals surface area (Å²) >= 11 is 0. The van der Waals surface area contributed by atoms with Gasteiger partial charge >= 0.3 is 0 Å². The highest BCUT2D eigenvalue weighted by molar-refractivity contribution is 5.16. The molecule has 4 heteroatoms. The van der Waals surface area contributed by atoms with Crippen LogP contribution in [-0.4, -0.2) is 21.4 Å². The van der Waals surface area contributed by atoms with Crippen LogP contribution < -0.4 is 5.32 Å². The Morgan fingerprint density at radius 3 is 3.00 bits per heavy atom. The Bertz CT molecular complexity index is 483. The molecule has 2 atom stereocenters. The van der Waals surface area contributed by atoms with E-state index in [0.29, 0.717) is 12.0 Å². The minimum atomic E-state index is -0.261. The van der Waals surface area contributed by atoms with Crippen LogP contribution in [0.15, 0.2) is 12.4 Å². The van der Waals surface area contributed by atoms with Gasteiger partial charge in [-0.05, 0) is 50.5 Å². The van der Waals surface area contributed by atoms with Crippen molar-refractivity contribution in [2.45, 2.75) is 63.6 Å². The number of hydrogen-bond donors (Lipinski definition) is 1. The molecule has 0 saturated heterocycles. The highest BCUT2D eigenvalue weighted by Crippen LogP contribution is 2.40. The Labute approximate surface area is 114 Å². The Morgan fingerprint density at radius 1 is 1.53 bits per heavy atom. The number of rotatable bonds is 5. The summed E-state index contributed by atoms with van der Waals surface area (Å²) in [5, 5.41) is 17.6. The molecule has 1 heterocycles. The van der Waals surface area contributed by atoms with E-state index in [1.54, 1.807) is 0 Å². The second-order valence-electron chi connectivity index (χ2n) is 6.16. The van der Waals surface area contributed by atoms with Crippen molar-refractivity contribution in [1.82, 2.24) is 15.1 Å². The van der Waals surface area contributed by atoms with Crippen molar-refractivity contribution in [3.63, 3.8) is 0 Å². The Balaban J connectivity index is 1.63. The molecule has 0 amide bonds.